The first-order chi connectivity index (χ1) is 13.7. The molecule has 0 fully saturated rings. The Balaban J connectivity index is 1.67. The molecule has 0 aliphatic heterocycles. The van der Waals surface area contributed by atoms with Gasteiger partial charge in [-0.1, -0.05) is 0 Å². The lowest BCUT2D eigenvalue weighted by atomic mass is 10.2. The summed E-state index contributed by atoms with van der Waals surface area (Å²) in [5.41, 5.74) is 9.09. The van der Waals surface area contributed by atoms with Crippen molar-refractivity contribution >= 4 is 34.5 Å². The molecule has 0 bridgehead atoms. The highest BCUT2D eigenvalue weighted by Gasteiger charge is 2.20. The van der Waals surface area contributed by atoms with Crippen LogP contribution < -0.4 is 11.1 Å². The fourth-order valence-electron chi connectivity index (χ4n) is 2.60. The first-order valence-corrected chi connectivity index (χ1v) is 8.91. The number of carbonyl (C=O) groups excluding carboxylic acids is 3. The second-order valence-electron chi connectivity index (χ2n) is 6.58. The third-order valence-corrected chi connectivity index (χ3v) is 4.40. The van der Waals surface area contributed by atoms with Gasteiger partial charge in [0.1, 0.15) is 0 Å². The highest BCUT2D eigenvalue weighted by molar-refractivity contribution is 5.99. The van der Waals surface area contributed by atoms with Crippen LogP contribution in [-0.4, -0.2) is 33.9 Å². The zero-order valence-electron chi connectivity index (χ0n) is 16.2. The molecule has 3 N–H and O–H groups in total. The summed E-state index contributed by atoms with van der Waals surface area (Å²) in [5.74, 6) is -1.70. The maximum Gasteiger partial charge on any atom is 0.338 e. The highest BCUT2D eigenvalue weighted by atomic mass is 16.5. The number of aromatic nitrogens is 2. The highest BCUT2D eigenvalue weighted by Crippen LogP contribution is 2.16. The van der Waals surface area contributed by atoms with Crippen LogP contribution in [0.4, 0.5) is 5.69 Å². The molecule has 8 heteroatoms. The number of esters is 1. The number of nitrogens with zero attached hydrogens (tertiary/aromatic N) is 2. The van der Waals surface area contributed by atoms with Crippen molar-refractivity contribution in [2.75, 3.05) is 5.32 Å². The standard InChI is InChI=1S/C21H20N4O4/c1-11-12(2)24-18-10-15(6-9-17(18)23-11)21(28)29-13(3)20(27)25-16-7-4-14(5-8-16)19(22)26/h4-10,13H,1-3H3,(H2,22,26)(H,25,27)/t13-/m0/s1. The Morgan fingerprint density at radius 1 is 0.931 bits per heavy atom. The van der Waals surface area contributed by atoms with Gasteiger partial charge in [0.15, 0.2) is 6.10 Å². The average molecular weight is 392 g/mol. The molecule has 1 aromatic heterocycles. The van der Waals surface area contributed by atoms with Crippen molar-refractivity contribution < 1.29 is 19.1 Å². The van der Waals surface area contributed by atoms with Gasteiger partial charge in [-0.05, 0) is 63.2 Å². The summed E-state index contributed by atoms with van der Waals surface area (Å²) < 4.78 is 5.26. The third kappa shape index (κ3) is 4.55. The van der Waals surface area contributed by atoms with Gasteiger partial charge in [-0.3, -0.25) is 9.59 Å². The monoisotopic (exact) mass is 392 g/mol. The van der Waals surface area contributed by atoms with E-state index in [0.717, 1.165) is 11.4 Å². The molecule has 2 amide bonds. The van der Waals surface area contributed by atoms with Crippen molar-refractivity contribution in [2.24, 2.45) is 5.73 Å². The molecule has 0 aliphatic rings. The molecule has 148 valence electrons. The van der Waals surface area contributed by atoms with Crippen LogP contribution in [0.25, 0.3) is 11.0 Å². The molecule has 0 saturated heterocycles. The Bertz CT molecular complexity index is 1110. The van der Waals surface area contributed by atoms with E-state index in [-0.39, 0.29) is 5.56 Å². The van der Waals surface area contributed by atoms with Crippen molar-refractivity contribution in [1.82, 2.24) is 9.97 Å². The molecule has 0 unspecified atom stereocenters. The van der Waals surface area contributed by atoms with E-state index in [2.05, 4.69) is 15.3 Å². The third-order valence-electron chi connectivity index (χ3n) is 4.40. The quantitative estimate of drug-likeness (QED) is 0.643. The van der Waals surface area contributed by atoms with E-state index < -0.39 is 23.9 Å². The first kappa shape index (κ1) is 19.9. The summed E-state index contributed by atoms with van der Waals surface area (Å²) in [6.45, 7) is 5.18. The molecule has 1 heterocycles. The smallest absolute Gasteiger partial charge is 0.338 e. The van der Waals surface area contributed by atoms with Gasteiger partial charge in [0.25, 0.3) is 5.91 Å². The molecule has 3 aromatic rings. The van der Waals surface area contributed by atoms with Crippen molar-refractivity contribution in [3.05, 3.63) is 65.0 Å². The van der Waals surface area contributed by atoms with Gasteiger partial charge < -0.3 is 15.8 Å². The van der Waals surface area contributed by atoms with Crippen LogP contribution in [0.15, 0.2) is 42.5 Å². The summed E-state index contributed by atoms with van der Waals surface area (Å²) in [6.07, 6.45) is -1.03. The van der Waals surface area contributed by atoms with Gasteiger partial charge in [0.2, 0.25) is 5.91 Å². The largest absolute Gasteiger partial charge is 0.449 e. The lowest BCUT2D eigenvalue weighted by molar-refractivity contribution is -0.123. The minimum atomic E-state index is -1.03. The molecule has 8 nitrogen and oxygen atoms in total. The van der Waals surface area contributed by atoms with Gasteiger partial charge in [0.05, 0.1) is 28.0 Å². The number of anilines is 1. The molecule has 0 radical (unpaired) electrons. The number of hydrogen-bond acceptors (Lipinski definition) is 6. The lowest BCUT2D eigenvalue weighted by Gasteiger charge is -2.14. The topological polar surface area (TPSA) is 124 Å². The van der Waals surface area contributed by atoms with Gasteiger partial charge in [-0.25, -0.2) is 14.8 Å². The summed E-state index contributed by atoms with van der Waals surface area (Å²) in [5, 5.41) is 2.62. The summed E-state index contributed by atoms with van der Waals surface area (Å²) >= 11 is 0. The molecular formula is C21H20N4O4. The van der Waals surface area contributed by atoms with E-state index in [9.17, 15) is 14.4 Å². The molecule has 0 saturated carbocycles. The number of nitrogens with one attached hydrogen (secondary N) is 1. The summed E-state index contributed by atoms with van der Waals surface area (Å²) in [7, 11) is 0. The number of carbonyl (C=O) groups is 3. The van der Waals surface area contributed by atoms with Crippen molar-refractivity contribution in [2.45, 2.75) is 26.9 Å². The number of fused-ring (bicyclic) bond motifs is 1. The predicted molar refractivity (Wildman–Crippen MR) is 107 cm³/mol. The molecule has 3 rings (SSSR count). The maximum atomic E-state index is 12.4. The van der Waals surface area contributed by atoms with Crippen LogP contribution in [0.3, 0.4) is 0 Å². The van der Waals surface area contributed by atoms with E-state index in [1.807, 2.05) is 13.8 Å². The lowest BCUT2D eigenvalue weighted by Crippen LogP contribution is -2.30. The molecule has 0 spiro atoms. The minimum absolute atomic E-state index is 0.278. The van der Waals surface area contributed by atoms with Gasteiger partial charge in [0, 0.05) is 11.3 Å². The molecule has 0 aliphatic carbocycles. The number of hydrogen-bond donors (Lipinski definition) is 2. The summed E-state index contributed by atoms with van der Waals surface area (Å²) in [4.78, 5) is 44.6. The zero-order valence-corrected chi connectivity index (χ0v) is 16.2. The number of rotatable bonds is 5. The predicted octanol–water partition coefficient (Wildman–Crippen LogP) is 2.53. The van der Waals surface area contributed by atoms with Gasteiger partial charge >= 0.3 is 5.97 Å². The second-order valence-corrected chi connectivity index (χ2v) is 6.58. The van der Waals surface area contributed by atoms with Crippen LogP contribution in [-0.2, 0) is 9.53 Å². The number of aryl methyl sites for hydroxylation is 2. The number of ether oxygens (including phenoxy) is 1. The fraction of sp³-hybridized carbons (Fsp3) is 0.190. The Labute approximate surface area is 167 Å². The Morgan fingerprint density at radius 3 is 2.14 bits per heavy atom. The van der Waals surface area contributed by atoms with Crippen LogP contribution in [0, 0.1) is 13.8 Å². The van der Waals surface area contributed by atoms with Crippen LogP contribution in [0.2, 0.25) is 0 Å². The SMILES string of the molecule is Cc1nc2ccc(C(=O)O[C@@H](C)C(=O)Nc3ccc(C(N)=O)cc3)cc2nc1C. The van der Waals surface area contributed by atoms with E-state index in [1.165, 1.54) is 19.1 Å². The van der Waals surface area contributed by atoms with E-state index in [0.29, 0.717) is 22.3 Å². The van der Waals surface area contributed by atoms with Crippen molar-refractivity contribution in [3.8, 4) is 0 Å². The number of benzene rings is 2. The number of amides is 2. The van der Waals surface area contributed by atoms with Crippen LogP contribution in [0.1, 0.15) is 39.0 Å². The zero-order chi connectivity index (χ0) is 21.1. The van der Waals surface area contributed by atoms with E-state index in [4.69, 9.17) is 10.5 Å². The fourth-order valence-corrected chi connectivity index (χ4v) is 2.60. The second kappa shape index (κ2) is 8.05. The van der Waals surface area contributed by atoms with Gasteiger partial charge in [-0.2, -0.15) is 0 Å². The number of nitrogens with two attached hydrogens (primary N) is 1. The maximum absolute atomic E-state index is 12.4. The van der Waals surface area contributed by atoms with Crippen molar-refractivity contribution in [3.63, 3.8) is 0 Å². The molecule has 1 atom stereocenters. The van der Waals surface area contributed by atoms with E-state index in [1.54, 1.807) is 30.3 Å². The average Bonchev–Trinajstić information content (AvgIpc) is 2.68. The Kier molecular flexibility index (Phi) is 5.54. The Morgan fingerprint density at radius 2 is 1.52 bits per heavy atom. The minimum Gasteiger partial charge on any atom is -0.449 e. The van der Waals surface area contributed by atoms with Crippen molar-refractivity contribution in [1.29, 1.82) is 0 Å². The molecule has 2 aromatic carbocycles. The molecule has 29 heavy (non-hydrogen) atoms. The van der Waals surface area contributed by atoms with E-state index >= 15 is 0 Å². The van der Waals surface area contributed by atoms with Crippen LogP contribution in [0.5, 0.6) is 0 Å². The summed E-state index contributed by atoms with van der Waals surface area (Å²) in [6, 6.07) is 10.9. The number of primary amides is 1. The molecular weight excluding hydrogens is 372 g/mol. The first-order valence-electron chi connectivity index (χ1n) is 8.91. The van der Waals surface area contributed by atoms with Gasteiger partial charge in [-0.15, -0.1) is 0 Å². The normalized spacial score (nSPS) is 11.7. The van der Waals surface area contributed by atoms with Crippen LogP contribution >= 0.6 is 0 Å². The Hall–Kier alpha value is -3.81.